The van der Waals surface area contributed by atoms with Crippen LogP contribution in [-0.2, 0) is 6.42 Å². The predicted molar refractivity (Wildman–Crippen MR) is 69.6 cm³/mol. The highest BCUT2D eigenvalue weighted by molar-refractivity contribution is 7.16. The summed E-state index contributed by atoms with van der Waals surface area (Å²) in [5, 5.41) is 0. The van der Waals surface area contributed by atoms with Gasteiger partial charge in [-0.1, -0.05) is 23.7 Å². The van der Waals surface area contributed by atoms with Crippen LogP contribution in [0.1, 0.15) is 16.0 Å². The highest BCUT2D eigenvalue weighted by atomic mass is 35.5. The SMILES string of the molecule is [CH2]c1cc(Cc2ccc(Cl)s2)ccc1OC. The van der Waals surface area contributed by atoms with E-state index in [1.54, 1.807) is 18.4 Å². The molecule has 0 spiro atoms. The van der Waals surface area contributed by atoms with Crippen LogP contribution in [0.2, 0.25) is 4.34 Å². The molecule has 0 aliphatic heterocycles. The van der Waals surface area contributed by atoms with Crippen molar-refractivity contribution in [1.29, 1.82) is 0 Å². The van der Waals surface area contributed by atoms with Crippen LogP contribution in [-0.4, -0.2) is 7.11 Å². The Morgan fingerprint density at radius 2 is 2.12 bits per heavy atom. The lowest BCUT2D eigenvalue weighted by atomic mass is 10.1. The minimum atomic E-state index is 0.827. The van der Waals surface area contributed by atoms with E-state index in [4.69, 9.17) is 16.3 Å². The van der Waals surface area contributed by atoms with E-state index in [1.165, 1.54) is 10.4 Å². The van der Waals surface area contributed by atoms with E-state index in [1.807, 2.05) is 18.2 Å². The zero-order chi connectivity index (χ0) is 11.5. The zero-order valence-electron chi connectivity index (χ0n) is 9.00. The molecule has 1 radical (unpaired) electrons. The minimum Gasteiger partial charge on any atom is -0.496 e. The van der Waals surface area contributed by atoms with E-state index >= 15 is 0 Å². The molecule has 0 saturated carbocycles. The van der Waals surface area contributed by atoms with Crippen molar-refractivity contribution in [1.82, 2.24) is 0 Å². The second-order valence-electron chi connectivity index (χ2n) is 3.53. The molecule has 0 N–H and O–H groups in total. The molecule has 1 aromatic carbocycles. The summed E-state index contributed by atoms with van der Waals surface area (Å²) >= 11 is 7.50. The van der Waals surface area contributed by atoms with Gasteiger partial charge in [0.1, 0.15) is 5.75 Å². The molecule has 0 unspecified atom stereocenters. The molecule has 83 valence electrons. The third kappa shape index (κ3) is 2.57. The molecule has 0 bridgehead atoms. The Hall–Kier alpha value is -0.990. The average Bonchev–Trinajstić information content (AvgIpc) is 2.64. The van der Waals surface area contributed by atoms with Gasteiger partial charge in [0.05, 0.1) is 11.4 Å². The molecule has 1 heterocycles. The fraction of sp³-hybridized carbons (Fsp3) is 0.154. The highest BCUT2D eigenvalue weighted by Gasteiger charge is 2.03. The number of halogens is 1. The maximum atomic E-state index is 5.89. The van der Waals surface area contributed by atoms with Crippen molar-refractivity contribution in [2.75, 3.05) is 7.11 Å². The fourth-order valence-corrected chi connectivity index (χ4v) is 2.71. The molecule has 2 aromatic rings. The lowest BCUT2D eigenvalue weighted by Gasteiger charge is -2.06. The highest BCUT2D eigenvalue weighted by Crippen LogP contribution is 2.25. The van der Waals surface area contributed by atoms with E-state index in [-0.39, 0.29) is 0 Å². The standard InChI is InChI=1S/C13H12ClOS/c1-9-7-10(3-5-12(9)15-2)8-11-4-6-13(14)16-11/h3-7H,1,8H2,2H3. The summed E-state index contributed by atoms with van der Waals surface area (Å²) in [7, 11) is 1.66. The maximum Gasteiger partial charge on any atom is 0.122 e. The van der Waals surface area contributed by atoms with Gasteiger partial charge in [0.15, 0.2) is 0 Å². The van der Waals surface area contributed by atoms with Crippen LogP contribution in [0, 0.1) is 6.92 Å². The van der Waals surface area contributed by atoms with Crippen LogP contribution in [0.4, 0.5) is 0 Å². The molecule has 16 heavy (non-hydrogen) atoms. The molecule has 1 aromatic heterocycles. The third-order valence-electron chi connectivity index (χ3n) is 2.35. The largest absolute Gasteiger partial charge is 0.496 e. The van der Waals surface area contributed by atoms with Gasteiger partial charge in [0.2, 0.25) is 0 Å². The summed E-state index contributed by atoms with van der Waals surface area (Å²) in [5.74, 6) is 0.827. The van der Waals surface area contributed by atoms with E-state index in [0.717, 1.165) is 22.1 Å². The van der Waals surface area contributed by atoms with Crippen molar-refractivity contribution in [3.05, 3.63) is 57.6 Å². The van der Waals surface area contributed by atoms with Gasteiger partial charge >= 0.3 is 0 Å². The lowest BCUT2D eigenvalue weighted by molar-refractivity contribution is 0.413. The molecular weight excluding hydrogens is 240 g/mol. The maximum absolute atomic E-state index is 5.89. The van der Waals surface area contributed by atoms with Crippen LogP contribution in [0.25, 0.3) is 0 Å². The average molecular weight is 252 g/mol. The number of hydrogen-bond donors (Lipinski definition) is 0. The van der Waals surface area contributed by atoms with Crippen molar-refractivity contribution in [3.63, 3.8) is 0 Å². The first kappa shape index (κ1) is 11.5. The first-order valence-corrected chi connectivity index (χ1v) is 6.11. The second kappa shape index (κ2) is 4.89. The molecule has 0 saturated heterocycles. The van der Waals surface area contributed by atoms with Gasteiger partial charge in [-0.05, 0) is 36.2 Å². The van der Waals surface area contributed by atoms with Gasteiger partial charge in [0.25, 0.3) is 0 Å². The Labute approximate surface area is 105 Å². The van der Waals surface area contributed by atoms with Gasteiger partial charge in [-0.15, -0.1) is 11.3 Å². The number of methoxy groups -OCH3 is 1. The fourth-order valence-electron chi connectivity index (χ4n) is 1.59. The topological polar surface area (TPSA) is 9.23 Å². The first-order valence-electron chi connectivity index (χ1n) is 4.92. The van der Waals surface area contributed by atoms with Crippen LogP contribution < -0.4 is 4.74 Å². The smallest absolute Gasteiger partial charge is 0.122 e. The van der Waals surface area contributed by atoms with Gasteiger partial charge < -0.3 is 4.74 Å². The molecule has 0 atom stereocenters. The Bertz CT molecular complexity index is 490. The van der Waals surface area contributed by atoms with Gasteiger partial charge in [-0.2, -0.15) is 0 Å². The van der Waals surface area contributed by atoms with Crippen molar-refractivity contribution in [3.8, 4) is 5.75 Å². The van der Waals surface area contributed by atoms with Crippen LogP contribution >= 0.6 is 22.9 Å². The monoisotopic (exact) mass is 251 g/mol. The van der Waals surface area contributed by atoms with Crippen molar-refractivity contribution in [2.45, 2.75) is 6.42 Å². The molecular formula is C13H12ClOS. The molecule has 1 nitrogen and oxygen atoms in total. The Kier molecular flexibility index (Phi) is 3.52. The van der Waals surface area contributed by atoms with Crippen LogP contribution in [0.3, 0.4) is 0 Å². The molecule has 0 amide bonds. The van der Waals surface area contributed by atoms with Gasteiger partial charge in [-0.25, -0.2) is 0 Å². The summed E-state index contributed by atoms with van der Waals surface area (Å²) in [6.45, 7) is 3.95. The quantitative estimate of drug-likeness (QED) is 0.795. The van der Waals surface area contributed by atoms with Crippen molar-refractivity contribution >= 4 is 22.9 Å². The molecule has 0 fully saturated rings. The third-order valence-corrected chi connectivity index (χ3v) is 3.58. The second-order valence-corrected chi connectivity index (χ2v) is 5.33. The molecule has 3 heteroatoms. The summed E-state index contributed by atoms with van der Waals surface area (Å²) in [4.78, 5) is 1.26. The summed E-state index contributed by atoms with van der Waals surface area (Å²) in [6, 6.07) is 10.0. The van der Waals surface area contributed by atoms with Crippen LogP contribution in [0.5, 0.6) is 5.75 Å². The molecule has 0 aliphatic carbocycles. The predicted octanol–water partition coefficient (Wildman–Crippen LogP) is 4.18. The number of benzene rings is 1. The summed E-state index contributed by atoms with van der Waals surface area (Å²) in [5.41, 5.74) is 2.15. The number of ether oxygens (including phenoxy) is 1. The zero-order valence-corrected chi connectivity index (χ0v) is 10.6. The Morgan fingerprint density at radius 3 is 2.69 bits per heavy atom. The van der Waals surface area contributed by atoms with Crippen LogP contribution in [0.15, 0.2) is 30.3 Å². The number of thiophene rings is 1. The van der Waals surface area contributed by atoms with Gasteiger partial charge in [-0.3, -0.25) is 0 Å². The first-order chi connectivity index (χ1) is 7.69. The minimum absolute atomic E-state index is 0.827. The number of hydrogen-bond acceptors (Lipinski definition) is 2. The van der Waals surface area contributed by atoms with E-state index in [9.17, 15) is 0 Å². The number of rotatable bonds is 3. The summed E-state index contributed by atoms with van der Waals surface area (Å²) < 4.78 is 6.01. The summed E-state index contributed by atoms with van der Waals surface area (Å²) in [6.07, 6.45) is 0.893. The van der Waals surface area contributed by atoms with E-state index in [0.29, 0.717) is 0 Å². The Morgan fingerprint density at radius 1 is 1.31 bits per heavy atom. The molecule has 0 aliphatic rings. The molecule has 2 rings (SSSR count). The van der Waals surface area contributed by atoms with E-state index in [2.05, 4.69) is 19.1 Å². The normalized spacial score (nSPS) is 10.4. The Balaban J connectivity index is 2.19. The lowest BCUT2D eigenvalue weighted by Crippen LogP contribution is -1.90. The van der Waals surface area contributed by atoms with Crippen molar-refractivity contribution in [2.24, 2.45) is 0 Å². The van der Waals surface area contributed by atoms with Gasteiger partial charge in [0, 0.05) is 11.3 Å². The van der Waals surface area contributed by atoms with E-state index < -0.39 is 0 Å². The van der Waals surface area contributed by atoms with Crippen molar-refractivity contribution < 1.29 is 4.74 Å².